The minimum Gasteiger partial charge on any atom is -0.349 e. The fourth-order valence-corrected chi connectivity index (χ4v) is 3.73. The zero-order valence-electron chi connectivity index (χ0n) is 16.0. The van der Waals surface area contributed by atoms with Gasteiger partial charge in [0.1, 0.15) is 10.9 Å². The maximum Gasteiger partial charge on any atom is 0.251 e. The summed E-state index contributed by atoms with van der Waals surface area (Å²) in [5, 5.41) is 6.21. The Morgan fingerprint density at radius 2 is 1.93 bits per heavy atom. The van der Waals surface area contributed by atoms with E-state index in [0.29, 0.717) is 33.4 Å². The molecule has 3 rings (SSSR count). The van der Waals surface area contributed by atoms with Gasteiger partial charge in [0.25, 0.3) is 5.91 Å². The number of benzene rings is 1. The van der Waals surface area contributed by atoms with Crippen LogP contribution in [0.2, 0.25) is 0 Å². The number of aryl methyl sites for hydroxylation is 2. The Labute approximate surface area is 167 Å². The van der Waals surface area contributed by atoms with Crippen molar-refractivity contribution >= 4 is 35.0 Å². The van der Waals surface area contributed by atoms with Crippen LogP contribution in [-0.4, -0.2) is 39.4 Å². The van der Waals surface area contributed by atoms with Crippen molar-refractivity contribution in [2.75, 3.05) is 11.1 Å². The Hall–Kier alpha value is -2.74. The number of amides is 2. The van der Waals surface area contributed by atoms with Gasteiger partial charge in [0.05, 0.1) is 17.0 Å². The van der Waals surface area contributed by atoms with Crippen molar-refractivity contribution in [1.29, 1.82) is 0 Å². The average molecular weight is 398 g/mol. The minimum atomic E-state index is -0.242. The molecule has 0 atom stereocenters. The van der Waals surface area contributed by atoms with E-state index in [1.807, 2.05) is 0 Å². The maximum atomic E-state index is 12.3. The highest BCUT2D eigenvalue weighted by Crippen LogP contribution is 2.24. The zero-order chi connectivity index (χ0) is 20.3. The molecule has 1 aromatic carbocycles. The van der Waals surface area contributed by atoms with Crippen molar-refractivity contribution in [1.82, 2.24) is 15.3 Å². The van der Waals surface area contributed by atoms with Crippen LogP contribution in [0.25, 0.3) is 0 Å². The van der Waals surface area contributed by atoms with E-state index < -0.39 is 0 Å². The van der Waals surface area contributed by atoms with E-state index in [1.165, 1.54) is 18.7 Å². The molecule has 28 heavy (non-hydrogen) atoms. The van der Waals surface area contributed by atoms with Crippen LogP contribution in [0.5, 0.6) is 0 Å². The van der Waals surface area contributed by atoms with Crippen LogP contribution in [-0.2, 0) is 4.79 Å². The van der Waals surface area contributed by atoms with Crippen molar-refractivity contribution in [3.63, 3.8) is 0 Å². The smallest absolute Gasteiger partial charge is 0.251 e. The number of nitrogens with one attached hydrogen (secondary N) is 2. The fourth-order valence-electron chi connectivity index (χ4n) is 2.76. The third kappa shape index (κ3) is 5.16. The van der Waals surface area contributed by atoms with Gasteiger partial charge in [0.2, 0.25) is 5.91 Å². The van der Waals surface area contributed by atoms with E-state index in [4.69, 9.17) is 0 Å². The predicted octanol–water partition coefficient (Wildman–Crippen LogP) is 2.92. The van der Waals surface area contributed by atoms with Crippen molar-refractivity contribution in [3.8, 4) is 0 Å². The number of hydrogen-bond donors (Lipinski definition) is 2. The molecule has 2 N–H and O–H groups in total. The molecule has 1 aliphatic carbocycles. The third-order valence-corrected chi connectivity index (χ3v) is 5.16. The first-order valence-electron chi connectivity index (χ1n) is 9.03. The SMILES string of the molecule is CC(=O)c1c(C)nc(C)nc1SCC(=O)Nc1cccc(C(=O)NC2CC2)c1. The molecular weight excluding hydrogens is 376 g/mol. The standard InChI is InChI=1S/C20H22N4O3S/c1-11-18(12(2)25)20(22-13(3)21-11)28-10-17(26)23-16-6-4-5-14(9-16)19(27)24-15-7-8-15/h4-6,9,15H,7-8,10H2,1-3H3,(H,23,26)(H,24,27). The van der Waals surface area contributed by atoms with Crippen LogP contribution in [0.3, 0.4) is 0 Å². The molecule has 146 valence electrons. The molecule has 7 nitrogen and oxygen atoms in total. The molecule has 1 heterocycles. The van der Waals surface area contributed by atoms with Gasteiger partial charge in [-0.25, -0.2) is 9.97 Å². The summed E-state index contributed by atoms with van der Waals surface area (Å²) in [6, 6.07) is 7.11. The monoisotopic (exact) mass is 398 g/mol. The molecule has 0 aliphatic heterocycles. The summed E-state index contributed by atoms with van der Waals surface area (Å²) in [6.07, 6.45) is 2.03. The quantitative estimate of drug-likeness (QED) is 0.422. The minimum absolute atomic E-state index is 0.0919. The van der Waals surface area contributed by atoms with E-state index in [9.17, 15) is 14.4 Å². The summed E-state index contributed by atoms with van der Waals surface area (Å²) in [4.78, 5) is 44.9. The number of anilines is 1. The first kappa shape index (κ1) is 20.0. The van der Waals surface area contributed by atoms with Gasteiger partial charge < -0.3 is 10.6 Å². The van der Waals surface area contributed by atoms with E-state index in [0.717, 1.165) is 12.8 Å². The predicted molar refractivity (Wildman–Crippen MR) is 108 cm³/mol. The van der Waals surface area contributed by atoms with Crippen molar-refractivity contribution in [2.24, 2.45) is 0 Å². The van der Waals surface area contributed by atoms with E-state index in [1.54, 1.807) is 38.1 Å². The van der Waals surface area contributed by atoms with Crippen molar-refractivity contribution < 1.29 is 14.4 Å². The van der Waals surface area contributed by atoms with Gasteiger partial charge in [-0.15, -0.1) is 0 Å². The van der Waals surface area contributed by atoms with Crippen LogP contribution in [0.15, 0.2) is 29.3 Å². The highest BCUT2D eigenvalue weighted by atomic mass is 32.2. The largest absolute Gasteiger partial charge is 0.349 e. The highest BCUT2D eigenvalue weighted by molar-refractivity contribution is 8.00. The topological polar surface area (TPSA) is 101 Å². The lowest BCUT2D eigenvalue weighted by atomic mass is 10.2. The molecule has 1 saturated carbocycles. The van der Waals surface area contributed by atoms with Gasteiger partial charge >= 0.3 is 0 Å². The average Bonchev–Trinajstić information content (AvgIpc) is 3.43. The van der Waals surface area contributed by atoms with Gasteiger partial charge in [-0.1, -0.05) is 17.8 Å². The summed E-state index contributed by atoms with van der Waals surface area (Å²) in [5.41, 5.74) is 2.12. The molecule has 0 spiro atoms. The van der Waals surface area contributed by atoms with Crippen LogP contribution < -0.4 is 10.6 Å². The lowest BCUT2D eigenvalue weighted by Gasteiger charge is -2.10. The lowest BCUT2D eigenvalue weighted by molar-refractivity contribution is -0.113. The Morgan fingerprint density at radius 3 is 2.61 bits per heavy atom. The summed E-state index contributed by atoms with van der Waals surface area (Å²) in [7, 11) is 0. The van der Waals surface area contributed by atoms with E-state index in [2.05, 4.69) is 20.6 Å². The maximum absolute atomic E-state index is 12.3. The Balaban J connectivity index is 1.63. The number of hydrogen-bond acceptors (Lipinski definition) is 6. The lowest BCUT2D eigenvalue weighted by Crippen LogP contribution is -2.25. The molecule has 1 aliphatic rings. The summed E-state index contributed by atoms with van der Waals surface area (Å²) in [5.74, 6) is 0.142. The van der Waals surface area contributed by atoms with Crippen molar-refractivity contribution in [2.45, 2.75) is 44.7 Å². The summed E-state index contributed by atoms with van der Waals surface area (Å²) >= 11 is 1.19. The Kier molecular flexibility index (Phi) is 6.08. The molecule has 0 radical (unpaired) electrons. The second-order valence-electron chi connectivity index (χ2n) is 6.76. The first-order valence-corrected chi connectivity index (χ1v) is 10.0. The molecule has 1 aromatic heterocycles. The van der Waals surface area contributed by atoms with Gasteiger partial charge in [0, 0.05) is 17.3 Å². The summed E-state index contributed by atoms with van der Waals surface area (Å²) < 4.78 is 0. The first-order chi connectivity index (χ1) is 13.3. The Morgan fingerprint density at radius 1 is 1.18 bits per heavy atom. The molecule has 0 saturated heterocycles. The number of Topliss-reactive ketones (excluding diaryl/α,β-unsaturated/α-hetero) is 1. The number of thioether (sulfide) groups is 1. The number of carbonyl (C=O) groups is 3. The van der Waals surface area contributed by atoms with Crippen molar-refractivity contribution in [3.05, 3.63) is 46.9 Å². The number of nitrogens with zero attached hydrogens (tertiary/aromatic N) is 2. The molecule has 2 amide bonds. The number of carbonyl (C=O) groups excluding carboxylic acids is 3. The molecule has 2 aromatic rings. The highest BCUT2D eigenvalue weighted by Gasteiger charge is 2.24. The van der Waals surface area contributed by atoms with Gasteiger partial charge in [-0.2, -0.15) is 0 Å². The second kappa shape index (κ2) is 8.52. The molecule has 8 heteroatoms. The van der Waals surface area contributed by atoms with Crippen LogP contribution in [0.1, 0.15) is 52.0 Å². The Bertz CT molecular complexity index is 941. The van der Waals surface area contributed by atoms with Crippen LogP contribution in [0, 0.1) is 13.8 Å². The molecular formula is C20H22N4O3S. The van der Waals surface area contributed by atoms with E-state index >= 15 is 0 Å². The summed E-state index contributed by atoms with van der Waals surface area (Å²) in [6.45, 7) is 4.97. The fraction of sp³-hybridized carbons (Fsp3) is 0.350. The molecule has 0 unspecified atom stereocenters. The second-order valence-corrected chi connectivity index (χ2v) is 7.72. The normalized spacial score (nSPS) is 13.1. The van der Waals surface area contributed by atoms with Gasteiger partial charge in [-0.3, -0.25) is 14.4 Å². The van der Waals surface area contributed by atoms with E-state index in [-0.39, 0.29) is 29.4 Å². The number of rotatable bonds is 7. The molecule has 1 fully saturated rings. The van der Waals surface area contributed by atoms with Crippen LogP contribution >= 0.6 is 11.8 Å². The van der Waals surface area contributed by atoms with Gasteiger partial charge in [-0.05, 0) is 51.8 Å². The number of aromatic nitrogens is 2. The van der Waals surface area contributed by atoms with Gasteiger partial charge in [0.15, 0.2) is 5.78 Å². The third-order valence-electron chi connectivity index (χ3n) is 4.18. The zero-order valence-corrected chi connectivity index (χ0v) is 16.9. The molecule has 0 bridgehead atoms. The number of ketones is 1. The van der Waals surface area contributed by atoms with Crippen LogP contribution in [0.4, 0.5) is 5.69 Å².